The number of aromatic nitrogens is 1. The average Bonchev–Trinajstić information content (AvgIpc) is 2.82. The summed E-state index contributed by atoms with van der Waals surface area (Å²) in [6.07, 6.45) is 1.13. The summed E-state index contributed by atoms with van der Waals surface area (Å²) in [5, 5.41) is 0. The lowest BCUT2D eigenvalue weighted by Crippen LogP contribution is -2.34. The van der Waals surface area contributed by atoms with Gasteiger partial charge in [0.25, 0.3) is 5.91 Å². The molecule has 1 aliphatic heterocycles. The molecule has 0 unspecified atom stereocenters. The van der Waals surface area contributed by atoms with Crippen LogP contribution in [0.4, 0.5) is 4.39 Å². The van der Waals surface area contributed by atoms with E-state index in [-0.39, 0.29) is 11.5 Å². The summed E-state index contributed by atoms with van der Waals surface area (Å²) in [4.78, 5) is 30.9. The van der Waals surface area contributed by atoms with Crippen molar-refractivity contribution in [1.82, 2.24) is 9.88 Å². The summed E-state index contributed by atoms with van der Waals surface area (Å²) in [5.41, 5.74) is 3.60. The highest BCUT2D eigenvalue weighted by atomic mass is 19.1. The summed E-state index contributed by atoms with van der Waals surface area (Å²) in [6, 6.07) is 6.43. The number of rotatable bonds is 2. The Morgan fingerprint density at radius 1 is 1.19 bits per heavy atom. The third-order valence-electron chi connectivity index (χ3n) is 4.78. The molecule has 1 aliphatic rings. The lowest BCUT2D eigenvalue weighted by molar-refractivity contribution is 0.0598. The fourth-order valence-electron chi connectivity index (χ4n) is 3.32. The lowest BCUT2D eigenvalue weighted by Gasteiger charge is -2.21. The molecule has 26 heavy (non-hydrogen) atoms. The van der Waals surface area contributed by atoms with E-state index in [0.717, 1.165) is 11.3 Å². The Kier molecular flexibility index (Phi) is 5.02. The molecule has 2 heterocycles. The van der Waals surface area contributed by atoms with E-state index < -0.39 is 11.8 Å². The van der Waals surface area contributed by atoms with Crippen LogP contribution in [0.25, 0.3) is 0 Å². The Balaban J connectivity index is 1.86. The van der Waals surface area contributed by atoms with Gasteiger partial charge in [-0.3, -0.25) is 9.78 Å². The number of nitrogens with zero attached hydrogens (tertiary/aromatic N) is 2. The second-order valence-corrected chi connectivity index (χ2v) is 6.44. The third-order valence-corrected chi connectivity index (χ3v) is 4.78. The van der Waals surface area contributed by atoms with Crippen LogP contribution in [0, 0.1) is 19.7 Å². The molecule has 1 aromatic heterocycles. The van der Waals surface area contributed by atoms with Gasteiger partial charge in [0.15, 0.2) is 0 Å². The number of hydrogen-bond acceptors (Lipinski definition) is 4. The number of methoxy groups -OCH3 is 1. The minimum Gasteiger partial charge on any atom is -0.465 e. The molecule has 6 heteroatoms. The van der Waals surface area contributed by atoms with Gasteiger partial charge < -0.3 is 9.64 Å². The van der Waals surface area contributed by atoms with E-state index in [4.69, 9.17) is 4.74 Å². The first-order chi connectivity index (χ1) is 12.4. The van der Waals surface area contributed by atoms with Gasteiger partial charge >= 0.3 is 5.97 Å². The summed E-state index contributed by atoms with van der Waals surface area (Å²) in [7, 11) is 1.34. The van der Waals surface area contributed by atoms with E-state index in [1.165, 1.54) is 13.2 Å². The second-order valence-electron chi connectivity index (χ2n) is 6.44. The zero-order valence-electron chi connectivity index (χ0n) is 15.1. The van der Waals surface area contributed by atoms with Crippen molar-refractivity contribution in [3.8, 4) is 0 Å². The first-order valence-corrected chi connectivity index (χ1v) is 8.54. The highest BCUT2D eigenvalue weighted by molar-refractivity contribution is 5.96. The van der Waals surface area contributed by atoms with Gasteiger partial charge in [0.05, 0.1) is 23.9 Å². The van der Waals surface area contributed by atoms with Gasteiger partial charge in [-0.15, -0.1) is 0 Å². The molecule has 0 bridgehead atoms. The Morgan fingerprint density at radius 3 is 2.62 bits per heavy atom. The molecule has 3 rings (SSSR count). The molecule has 0 fully saturated rings. The van der Waals surface area contributed by atoms with Gasteiger partial charge in [0.2, 0.25) is 0 Å². The van der Waals surface area contributed by atoms with Crippen molar-refractivity contribution in [2.75, 3.05) is 20.2 Å². The highest BCUT2D eigenvalue weighted by Gasteiger charge is 2.25. The van der Waals surface area contributed by atoms with Crippen molar-refractivity contribution >= 4 is 11.9 Å². The number of ether oxygens (including phenoxy) is 1. The molecule has 1 aromatic carbocycles. The van der Waals surface area contributed by atoms with Gasteiger partial charge in [0, 0.05) is 25.2 Å². The molecule has 0 saturated carbocycles. The van der Waals surface area contributed by atoms with Crippen LogP contribution in [0.1, 0.15) is 43.2 Å². The normalized spacial score (nSPS) is 13.8. The van der Waals surface area contributed by atoms with E-state index >= 15 is 0 Å². The van der Waals surface area contributed by atoms with E-state index in [9.17, 15) is 14.0 Å². The minimum absolute atomic E-state index is 0.123. The molecule has 0 aliphatic carbocycles. The second kappa shape index (κ2) is 7.23. The Hall–Kier alpha value is -2.76. The number of benzene rings is 1. The van der Waals surface area contributed by atoms with E-state index in [0.29, 0.717) is 42.8 Å². The van der Waals surface area contributed by atoms with Crippen molar-refractivity contribution in [3.05, 3.63) is 63.7 Å². The number of hydrogen-bond donors (Lipinski definition) is 0. The summed E-state index contributed by atoms with van der Waals surface area (Å²) in [5.74, 6) is -1.23. The summed E-state index contributed by atoms with van der Waals surface area (Å²) < 4.78 is 18.9. The number of amides is 1. The Morgan fingerprint density at radius 2 is 1.92 bits per heavy atom. The van der Waals surface area contributed by atoms with Crippen LogP contribution in [0.5, 0.6) is 0 Å². The van der Waals surface area contributed by atoms with Crippen molar-refractivity contribution in [1.29, 1.82) is 0 Å². The van der Waals surface area contributed by atoms with Gasteiger partial charge in [0.1, 0.15) is 5.82 Å². The molecule has 0 spiro atoms. The number of esters is 1. The molecule has 0 saturated heterocycles. The van der Waals surface area contributed by atoms with Crippen molar-refractivity contribution < 1.29 is 18.7 Å². The average molecular weight is 356 g/mol. The zero-order valence-corrected chi connectivity index (χ0v) is 15.1. The standard InChI is InChI=1S/C20H21FN2O3/c1-12-5-4-6-16(21)18(12)19(24)23-9-7-14-11-15(20(25)26-3)13(2)22-17(14)8-10-23/h4-6,11H,7-10H2,1-3H3. The van der Waals surface area contributed by atoms with Crippen LogP contribution in [0.2, 0.25) is 0 Å². The number of carbonyl (C=O) groups is 2. The first-order valence-electron chi connectivity index (χ1n) is 8.54. The van der Waals surface area contributed by atoms with Crippen LogP contribution in [0.15, 0.2) is 24.3 Å². The zero-order chi connectivity index (χ0) is 18.8. The van der Waals surface area contributed by atoms with E-state index in [1.54, 1.807) is 36.9 Å². The van der Waals surface area contributed by atoms with Crippen LogP contribution >= 0.6 is 0 Å². The predicted octanol–water partition coefficient (Wildman–Crippen LogP) is 2.87. The van der Waals surface area contributed by atoms with Crippen LogP contribution in [0.3, 0.4) is 0 Å². The van der Waals surface area contributed by atoms with Crippen molar-refractivity contribution in [3.63, 3.8) is 0 Å². The monoisotopic (exact) mass is 356 g/mol. The van der Waals surface area contributed by atoms with Crippen LogP contribution in [-0.4, -0.2) is 42.0 Å². The van der Waals surface area contributed by atoms with Gasteiger partial charge in [-0.25, -0.2) is 9.18 Å². The summed E-state index contributed by atoms with van der Waals surface area (Å²) in [6.45, 7) is 4.41. The third kappa shape index (κ3) is 3.31. The maximum atomic E-state index is 14.1. The molecule has 2 aromatic rings. The van der Waals surface area contributed by atoms with E-state index in [2.05, 4.69) is 4.98 Å². The molecular weight excluding hydrogens is 335 g/mol. The van der Waals surface area contributed by atoms with Gasteiger partial charge in [-0.2, -0.15) is 0 Å². The summed E-state index contributed by atoms with van der Waals surface area (Å²) >= 11 is 0. The SMILES string of the molecule is COC(=O)c1cc2c(nc1C)CCN(C(=O)c1c(C)cccc1F)CC2. The number of pyridine rings is 1. The largest absolute Gasteiger partial charge is 0.465 e. The Labute approximate surface area is 151 Å². The first kappa shape index (κ1) is 18.0. The Bertz CT molecular complexity index is 859. The number of halogens is 1. The number of aryl methyl sites for hydroxylation is 2. The molecule has 136 valence electrons. The maximum absolute atomic E-state index is 14.1. The maximum Gasteiger partial charge on any atom is 0.339 e. The van der Waals surface area contributed by atoms with Gasteiger partial charge in [-0.05, 0) is 43.5 Å². The number of fused-ring (bicyclic) bond motifs is 1. The quantitative estimate of drug-likeness (QED) is 0.777. The fourth-order valence-corrected chi connectivity index (χ4v) is 3.32. The van der Waals surface area contributed by atoms with Gasteiger partial charge in [-0.1, -0.05) is 12.1 Å². The smallest absolute Gasteiger partial charge is 0.339 e. The molecule has 1 amide bonds. The topological polar surface area (TPSA) is 59.5 Å². The predicted molar refractivity (Wildman–Crippen MR) is 94.8 cm³/mol. The highest BCUT2D eigenvalue weighted by Crippen LogP contribution is 2.21. The van der Waals surface area contributed by atoms with Crippen molar-refractivity contribution in [2.24, 2.45) is 0 Å². The van der Waals surface area contributed by atoms with Crippen molar-refractivity contribution in [2.45, 2.75) is 26.7 Å². The van der Waals surface area contributed by atoms with E-state index in [1.807, 2.05) is 0 Å². The molecule has 5 nitrogen and oxygen atoms in total. The lowest BCUT2D eigenvalue weighted by atomic mass is 10.0. The number of carbonyl (C=O) groups excluding carboxylic acids is 2. The fraction of sp³-hybridized carbons (Fsp3) is 0.350. The minimum atomic E-state index is -0.501. The molecule has 0 radical (unpaired) electrons. The molecular formula is C20H21FN2O3. The molecule has 0 N–H and O–H groups in total. The van der Waals surface area contributed by atoms with Crippen LogP contribution in [-0.2, 0) is 17.6 Å². The van der Waals surface area contributed by atoms with Crippen LogP contribution < -0.4 is 0 Å². The molecule has 0 atom stereocenters.